The standard InChI is InChI=1S/C22H30F2O/c1-16(7-13-21-14-8-17(2)9-15-21)6-10-18(3)19(4)11-12-20(5)25-22(23)24/h6,10-12,17,21-22H,1,3-5,7-9,13-15H2,2H3/b10-6-,12-11-. The third kappa shape index (κ3) is 9.23. The van der Waals surface area contributed by atoms with E-state index in [9.17, 15) is 8.78 Å². The minimum absolute atomic E-state index is 0.112. The van der Waals surface area contributed by atoms with E-state index in [0.29, 0.717) is 11.1 Å². The summed E-state index contributed by atoms with van der Waals surface area (Å²) < 4.78 is 28.2. The van der Waals surface area contributed by atoms with Crippen molar-refractivity contribution in [2.24, 2.45) is 11.8 Å². The van der Waals surface area contributed by atoms with Crippen LogP contribution in [0.25, 0.3) is 0 Å². The summed E-state index contributed by atoms with van der Waals surface area (Å²) in [6, 6.07) is 0. The van der Waals surface area contributed by atoms with Gasteiger partial charge in [-0.25, -0.2) is 0 Å². The summed E-state index contributed by atoms with van der Waals surface area (Å²) in [5, 5.41) is 0. The zero-order valence-electron chi connectivity index (χ0n) is 15.3. The third-order valence-electron chi connectivity index (χ3n) is 4.65. The molecule has 3 heteroatoms. The second-order valence-corrected chi connectivity index (χ2v) is 6.88. The average Bonchev–Trinajstić information content (AvgIpc) is 2.56. The largest absolute Gasteiger partial charge is 0.435 e. The molecule has 0 bridgehead atoms. The highest BCUT2D eigenvalue weighted by molar-refractivity contribution is 5.45. The number of hydrogen-bond acceptors (Lipinski definition) is 1. The molecule has 0 unspecified atom stereocenters. The molecule has 25 heavy (non-hydrogen) atoms. The number of rotatable bonds is 10. The van der Waals surface area contributed by atoms with Crippen molar-refractivity contribution in [1.82, 2.24) is 0 Å². The predicted octanol–water partition coefficient (Wildman–Crippen LogP) is 7.13. The average molecular weight is 348 g/mol. The first-order valence-corrected chi connectivity index (χ1v) is 8.83. The van der Waals surface area contributed by atoms with Crippen LogP contribution in [0.15, 0.2) is 73.1 Å². The van der Waals surface area contributed by atoms with Crippen molar-refractivity contribution in [3.63, 3.8) is 0 Å². The molecule has 138 valence electrons. The van der Waals surface area contributed by atoms with Crippen LogP contribution in [0.1, 0.15) is 45.4 Å². The first-order chi connectivity index (χ1) is 11.8. The molecular weight excluding hydrogens is 318 g/mol. The second kappa shape index (κ2) is 10.9. The summed E-state index contributed by atoms with van der Waals surface area (Å²) in [5.41, 5.74) is 2.39. The molecule has 0 aromatic carbocycles. The molecular formula is C22H30F2O. The fraction of sp³-hybridized carbons (Fsp3) is 0.455. The van der Waals surface area contributed by atoms with Gasteiger partial charge >= 0.3 is 6.61 Å². The molecule has 1 rings (SSSR count). The van der Waals surface area contributed by atoms with E-state index in [-0.39, 0.29) is 5.76 Å². The van der Waals surface area contributed by atoms with Gasteiger partial charge in [-0.3, -0.25) is 0 Å². The van der Waals surface area contributed by atoms with Gasteiger partial charge in [0.15, 0.2) is 0 Å². The van der Waals surface area contributed by atoms with Crippen LogP contribution in [0.4, 0.5) is 8.78 Å². The Morgan fingerprint density at radius 2 is 1.52 bits per heavy atom. The Morgan fingerprint density at radius 3 is 2.08 bits per heavy atom. The molecule has 0 saturated heterocycles. The normalized spacial score (nSPS) is 21.0. The number of halogens is 2. The van der Waals surface area contributed by atoms with Gasteiger partial charge in [-0.05, 0) is 41.9 Å². The highest BCUT2D eigenvalue weighted by Crippen LogP contribution is 2.31. The maximum Gasteiger partial charge on any atom is 0.387 e. The van der Waals surface area contributed by atoms with Crippen molar-refractivity contribution >= 4 is 0 Å². The zero-order chi connectivity index (χ0) is 18.8. The lowest BCUT2D eigenvalue weighted by atomic mass is 9.80. The summed E-state index contributed by atoms with van der Waals surface area (Å²) in [7, 11) is 0. The van der Waals surface area contributed by atoms with Gasteiger partial charge in [0.05, 0.1) is 0 Å². The van der Waals surface area contributed by atoms with Crippen LogP contribution >= 0.6 is 0 Å². The Hall–Kier alpha value is -1.90. The van der Waals surface area contributed by atoms with Crippen molar-refractivity contribution in [3.8, 4) is 0 Å². The molecule has 0 aromatic rings. The molecule has 0 heterocycles. The first-order valence-electron chi connectivity index (χ1n) is 8.83. The molecule has 1 fully saturated rings. The molecule has 0 atom stereocenters. The molecule has 0 amide bonds. The molecule has 0 spiro atoms. The predicted molar refractivity (Wildman–Crippen MR) is 102 cm³/mol. The van der Waals surface area contributed by atoms with Gasteiger partial charge in [0.1, 0.15) is 5.76 Å². The van der Waals surface area contributed by atoms with Crippen LogP contribution < -0.4 is 0 Å². The summed E-state index contributed by atoms with van der Waals surface area (Å²) >= 11 is 0. The van der Waals surface area contributed by atoms with Crippen LogP contribution in [0.3, 0.4) is 0 Å². The van der Waals surface area contributed by atoms with Crippen molar-refractivity contribution < 1.29 is 13.5 Å². The van der Waals surface area contributed by atoms with Gasteiger partial charge in [0.2, 0.25) is 0 Å². The number of ether oxygens (including phenoxy) is 1. The lowest BCUT2D eigenvalue weighted by Crippen LogP contribution is -2.12. The van der Waals surface area contributed by atoms with Crippen molar-refractivity contribution in [2.75, 3.05) is 0 Å². The van der Waals surface area contributed by atoms with E-state index >= 15 is 0 Å². The number of allylic oxidation sites excluding steroid dienone is 7. The van der Waals surface area contributed by atoms with Crippen molar-refractivity contribution in [1.29, 1.82) is 0 Å². The molecule has 0 N–H and O–H groups in total. The molecule has 1 aliphatic carbocycles. The van der Waals surface area contributed by atoms with Crippen LogP contribution in [-0.2, 0) is 4.74 Å². The van der Waals surface area contributed by atoms with E-state index in [1.807, 2.05) is 12.2 Å². The fourth-order valence-corrected chi connectivity index (χ4v) is 2.87. The highest BCUT2D eigenvalue weighted by Gasteiger charge is 2.17. The highest BCUT2D eigenvalue weighted by atomic mass is 19.3. The monoisotopic (exact) mass is 348 g/mol. The SMILES string of the molecule is C=C(/C=C\C(=C)C(=C)/C=C\C(=C)OC(F)F)CCC1CCC(C)CC1. The van der Waals surface area contributed by atoms with Gasteiger partial charge in [0.25, 0.3) is 0 Å². The Kier molecular flexibility index (Phi) is 9.18. The van der Waals surface area contributed by atoms with E-state index < -0.39 is 6.61 Å². The number of hydrogen-bond donors (Lipinski definition) is 0. The summed E-state index contributed by atoms with van der Waals surface area (Å²) in [6.07, 6.45) is 14.3. The van der Waals surface area contributed by atoms with Gasteiger partial charge < -0.3 is 4.74 Å². The molecule has 1 nitrogen and oxygen atoms in total. The van der Waals surface area contributed by atoms with E-state index in [1.165, 1.54) is 38.2 Å². The second-order valence-electron chi connectivity index (χ2n) is 6.88. The summed E-state index contributed by atoms with van der Waals surface area (Å²) in [6.45, 7) is 14.7. The van der Waals surface area contributed by atoms with E-state index in [2.05, 4.69) is 38.0 Å². The van der Waals surface area contributed by atoms with Crippen molar-refractivity contribution in [3.05, 3.63) is 73.1 Å². The van der Waals surface area contributed by atoms with Gasteiger partial charge in [-0.2, -0.15) is 8.78 Å². The minimum Gasteiger partial charge on any atom is -0.435 e. The van der Waals surface area contributed by atoms with E-state index in [4.69, 9.17) is 0 Å². The maximum atomic E-state index is 12.0. The fourth-order valence-electron chi connectivity index (χ4n) is 2.87. The summed E-state index contributed by atoms with van der Waals surface area (Å²) in [5.74, 6) is 1.59. The first kappa shape index (κ1) is 21.1. The lowest BCUT2D eigenvalue weighted by Gasteiger charge is -2.26. The van der Waals surface area contributed by atoms with Crippen LogP contribution in [-0.4, -0.2) is 6.61 Å². The Bertz CT molecular complexity index is 546. The smallest absolute Gasteiger partial charge is 0.387 e. The Morgan fingerprint density at radius 1 is 0.960 bits per heavy atom. The van der Waals surface area contributed by atoms with Crippen molar-refractivity contribution in [2.45, 2.75) is 52.1 Å². The molecule has 0 aliphatic heterocycles. The van der Waals surface area contributed by atoms with E-state index in [1.54, 1.807) is 6.08 Å². The van der Waals surface area contributed by atoms with Gasteiger partial charge in [-0.15, -0.1) is 0 Å². The van der Waals surface area contributed by atoms with Gasteiger partial charge in [0, 0.05) is 0 Å². The van der Waals surface area contributed by atoms with E-state index in [0.717, 1.165) is 23.8 Å². The van der Waals surface area contributed by atoms with Crippen LogP contribution in [0.5, 0.6) is 0 Å². The molecule has 1 aliphatic rings. The Balaban J connectivity index is 2.34. The minimum atomic E-state index is -2.87. The summed E-state index contributed by atoms with van der Waals surface area (Å²) in [4.78, 5) is 0. The molecule has 1 saturated carbocycles. The van der Waals surface area contributed by atoms with Crippen LogP contribution in [0, 0.1) is 11.8 Å². The zero-order valence-corrected chi connectivity index (χ0v) is 15.3. The van der Waals surface area contributed by atoms with Crippen LogP contribution in [0.2, 0.25) is 0 Å². The molecule has 0 aromatic heterocycles. The molecule has 0 radical (unpaired) electrons. The van der Waals surface area contributed by atoms with Gasteiger partial charge in [-0.1, -0.05) is 82.7 Å². The number of alkyl halides is 2. The Labute approximate surface area is 151 Å². The lowest BCUT2D eigenvalue weighted by molar-refractivity contribution is -0.0915. The maximum absolute atomic E-state index is 12.0. The quantitative estimate of drug-likeness (QED) is 0.301. The third-order valence-corrected chi connectivity index (χ3v) is 4.65. The topological polar surface area (TPSA) is 9.23 Å².